The molecule has 0 bridgehead atoms. The summed E-state index contributed by atoms with van der Waals surface area (Å²) in [6.07, 6.45) is 1.18. The number of benzene rings is 2. The molecule has 7 nitrogen and oxygen atoms in total. The monoisotopic (exact) mass is 456 g/mol. The zero-order valence-electron chi connectivity index (χ0n) is 19.0. The molecular formula is C25H29FN2O5. The molecular weight excluding hydrogens is 427 g/mol. The standard InChI is InChI=1S/C25H29FN2O5/c1-3-31-21-11-17(12-22(32-4-2)24(21)18-5-7-19(26)8-6-18)14-28-15-25(16-28)13-20(27-33-25)9-10-23(29)30/h5-8,11-12H,3-4,9-10,13-16H2,1-2H3,(H,29,30). The molecule has 2 aromatic rings. The van der Waals surface area contributed by atoms with E-state index in [9.17, 15) is 9.18 Å². The Bertz CT molecular complexity index is 1000. The Morgan fingerprint density at radius 2 is 1.79 bits per heavy atom. The van der Waals surface area contributed by atoms with Gasteiger partial charge in [-0.1, -0.05) is 17.3 Å². The first-order chi connectivity index (χ1) is 15.9. The van der Waals surface area contributed by atoms with Crippen LogP contribution in [0.4, 0.5) is 4.39 Å². The van der Waals surface area contributed by atoms with Crippen molar-refractivity contribution in [1.29, 1.82) is 0 Å². The van der Waals surface area contributed by atoms with Crippen molar-refractivity contribution in [3.63, 3.8) is 0 Å². The Balaban J connectivity index is 1.48. The Labute approximate surface area is 192 Å². The highest BCUT2D eigenvalue weighted by atomic mass is 19.1. The Morgan fingerprint density at radius 3 is 2.36 bits per heavy atom. The van der Waals surface area contributed by atoms with Gasteiger partial charge in [-0.3, -0.25) is 9.69 Å². The number of oxime groups is 1. The van der Waals surface area contributed by atoms with E-state index in [0.29, 0.717) is 44.1 Å². The summed E-state index contributed by atoms with van der Waals surface area (Å²) in [5.74, 6) is 0.295. The number of hydrogen-bond donors (Lipinski definition) is 1. The second kappa shape index (κ2) is 9.79. The molecule has 1 N–H and O–H groups in total. The number of hydrogen-bond acceptors (Lipinski definition) is 6. The van der Waals surface area contributed by atoms with Gasteiger partial charge in [0.1, 0.15) is 17.3 Å². The van der Waals surface area contributed by atoms with Crippen molar-refractivity contribution in [3.8, 4) is 22.6 Å². The van der Waals surface area contributed by atoms with Gasteiger partial charge in [0.05, 0.1) is 30.9 Å². The average molecular weight is 457 g/mol. The molecule has 8 heteroatoms. The van der Waals surface area contributed by atoms with E-state index < -0.39 is 5.97 Å². The Hall–Kier alpha value is -3.13. The second-order valence-electron chi connectivity index (χ2n) is 8.49. The van der Waals surface area contributed by atoms with Crippen molar-refractivity contribution in [2.45, 2.75) is 45.3 Å². The first-order valence-electron chi connectivity index (χ1n) is 11.3. The predicted octanol–water partition coefficient (Wildman–Crippen LogP) is 4.49. The van der Waals surface area contributed by atoms with Gasteiger partial charge in [-0.2, -0.15) is 0 Å². The largest absolute Gasteiger partial charge is 0.493 e. The van der Waals surface area contributed by atoms with Gasteiger partial charge in [0.25, 0.3) is 0 Å². The highest BCUT2D eigenvalue weighted by molar-refractivity contribution is 5.88. The van der Waals surface area contributed by atoms with E-state index in [-0.39, 0.29) is 17.8 Å². The van der Waals surface area contributed by atoms with Crippen LogP contribution >= 0.6 is 0 Å². The molecule has 2 aliphatic rings. The number of nitrogens with zero attached hydrogens (tertiary/aromatic N) is 2. The fourth-order valence-electron chi connectivity index (χ4n) is 4.47. The first kappa shape index (κ1) is 23.0. The third-order valence-electron chi connectivity index (χ3n) is 5.81. The van der Waals surface area contributed by atoms with E-state index in [1.165, 1.54) is 12.1 Å². The number of carbonyl (C=O) groups is 1. The van der Waals surface area contributed by atoms with E-state index in [1.54, 1.807) is 12.1 Å². The summed E-state index contributed by atoms with van der Waals surface area (Å²) in [4.78, 5) is 18.7. The molecule has 1 fully saturated rings. The van der Waals surface area contributed by atoms with Gasteiger partial charge >= 0.3 is 5.97 Å². The third-order valence-corrected chi connectivity index (χ3v) is 5.81. The van der Waals surface area contributed by atoms with Crippen molar-refractivity contribution in [2.24, 2.45) is 5.16 Å². The molecule has 33 heavy (non-hydrogen) atoms. The van der Waals surface area contributed by atoms with Gasteiger partial charge in [0.15, 0.2) is 5.60 Å². The molecule has 1 saturated heterocycles. The molecule has 0 atom stereocenters. The number of rotatable bonds is 10. The van der Waals surface area contributed by atoms with Crippen LogP contribution in [0, 0.1) is 5.82 Å². The lowest BCUT2D eigenvalue weighted by Gasteiger charge is -2.45. The van der Waals surface area contributed by atoms with Gasteiger partial charge in [-0.05, 0) is 55.7 Å². The SMILES string of the molecule is CCOc1cc(CN2CC3(CC(CCC(=O)O)=NO3)C2)cc(OCC)c1-c1ccc(F)cc1. The summed E-state index contributed by atoms with van der Waals surface area (Å²) >= 11 is 0. The van der Waals surface area contributed by atoms with Crippen molar-refractivity contribution in [2.75, 3.05) is 26.3 Å². The lowest BCUT2D eigenvalue weighted by atomic mass is 9.87. The van der Waals surface area contributed by atoms with Gasteiger partial charge in [0, 0.05) is 26.1 Å². The van der Waals surface area contributed by atoms with Crippen LogP contribution in [0.25, 0.3) is 11.1 Å². The molecule has 2 aliphatic heterocycles. The topological polar surface area (TPSA) is 80.6 Å². The Morgan fingerprint density at radius 1 is 1.15 bits per heavy atom. The fourth-order valence-corrected chi connectivity index (χ4v) is 4.47. The van der Waals surface area contributed by atoms with E-state index >= 15 is 0 Å². The number of halogens is 1. The molecule has 2 heterocycles. The smallest absolute Gasteiger partial charge is 0.303 e. The lowest BCUT2D eigenvalue weighted by Crippen LogP contribution is -2.61. The maximum atomic E-state index is 13.5. The van der Waals surface area contributed by atoms with Gasteiger partial charge in [0.2, 0.25) is 0 Å². The molecule has 0 aromatic heterocycles. The molecule has 0 radical (unpaired) electrons. The maximum Gasteiger partial charge on any atom is 0.303 e. The van der Waals surface area contributed by atoms with Crippen LogP contribution in [0.5, 0.6) is 11.5 Å². The van der Waals surface area contributed by atoms with Crippen LogP contribution < -0.4 is 9.47 Å². The van der Waals surface area contributed by atoms with E-state index in [0.717, 1.165) is 35.5 Å². The maximum absolute atomic E-state index is 13.5. The van der Waals surface area contributed by atoms with Crippen LogP contribution in [0.15, 0.2) is 41.6 Å². The van der Waals surface area contributed by atoms with Crippen LogP contribution in [-0.4, -0.2) is 53.6 Å². The molecule has 0 saturated carbocycles. The minimum atomic E-state index is -0.826. The zero-order valence-corrected chi connectivity index (χ0v) is 19.0. The quantitative estimate of drug-likeness (QED) is 0.568. The molecule has 4 rings (SSSR count). The van der Waals surface area contributed by atoms with E-state index in [4.69, 9.17) is 19.4 Å². The lowest BCUT2D eigenvalue weighted by molar-refractivity contribution is -0.136. The van der Waals surface area contributed by atoms with Crippen molar-refractivity contribution < 1.29 is 28.6 Å². The van der Waals surface area contributed by atoms with Gasteiger partial charge in [-0.15, -0.1) is 0 Å². The van der Waals surface area contributed by atoms with Crippen molar-refractivity contribution in [3.05, 3.63) is 47.8 Å². The number of carboxylic acids is 1. The number of ether oxygens (including phenoxy) is 2. The number of aliphatic carboxylic acids is 1. The van der Waals surface area contributed by atoms with E-state index in [1.807, 2.05) is 26.0 Å². The third kappa shape index (κ3) is 5.27. The number of carboxylic acid groups (broad SMARTS) is 1. The van der Waals surface area contributed by atoms with Crippen LogP contribution in [0.1, 0.15) is 38.7 Å². The summed E-state index contributed by atoms with van der Waals surface area (Å²) < 4.78 is 25.4. The minimum Gasteiger partial charge on any atom is -0.493 e. The minimum absolute atomic E-state index is 0.0722. The molecule has 0 amide bonds. The Kier molecular flexibility index (Phi) is 6.83. The fraction of sp³-hybridized carbons (Fsp3) is 0.440. The zero-order chi connectivity index (χ0) is 23.4. The summed E-state index contributed by atoms with van der Waals surface area (Å²) in [7, 11) is 0. The summed E-state index contributed by atoms with van der Waals surface area (Å²) in [5.41, 5.74) is 3.18. The molecule has 1 spiro atoms. The van der Waals surface area contributed by atoms with Crippen LogP contribution in [0.2, 0.25) is 0 Å². The summed E-state index contributed by atoms with van der Waals surface area (Å²) in [6, 6.07) is 10.4. The van der Waals surface area contributed by atoms with Gasteiger partial charge < -0.3 is 19.4 Å². The molecule has 176 valence electrons. The highest BCUT2D eigenvalue weighted by Crippen LogP contribution is 2.41. The molecule has 0 aliphatic carbocycles. The normalized spacial score (nSPS) is 16.8. The van der Waals surface area contributed by atoms with E-state index in [2.05, 4.69) is 10.1 Å². The number of likely N-dealkylation sites (tertiary alicyclic amines) is 1. The summed E-state index contributed by atoms with van der Waals surface area (Å²) in [5, 5.41) is 13.0. The van der Waals surface area contributed by atoms with Crippen LogP contribution in [-0.2, 0) is 16.2 Å². The van der Waals surface area contributed by atoms with Crippen molar-refractivity contribution >= 4 is 11.7 Å². The molecule has 2 aromatic carbocycles. The average Bonchev–Trinajstić information content (AvgIpc) is 3.18. The van der Waals surface area contributed by atoms with Gasteiger partial charge in [-0.25, -0.2) is 4.39 Å². The van der Waals surface area contributed by atoms with Crippen LogP contribution in [0.3, 0.4) is 0 Å². The van der Waals surface area contributed by atoms with Crippen molar-refractivity contribution in [1.82, 2.24) is 4.90 Å². The first-order valence-corrected chi connectivity index (χ1v) is 11.3. The second-order valence-corrected chi connectivity index (χ2v) is 8.49. The molecule has 0 unspecified atom stereocenters. The predicted molar refractivity (Wildman–Crippen MR) is 122 cm³/mol. The highest BCUT2D eigenvalue weighted by Gasteiger charge is 2.49. The summed E-state index contributed by atoms with van der Waals surface area (Å²) in [6.45, 7) is 7.00.